The number of alkyl halides is 2. The highest BCUT2D eigenvalue weighted by Crippen LogP contribution is 2.37. The predicted molar refractivity (Wildman–Crippen MR) is 97.2 cm³/mol. The van der Waals surface area contributed by atoms with E-state index in [2.05, 4.69) is 21.2 Å². The number of amides is 1. The van der Waals surface area contributed by atoms with Gasteiger partial charge in [-0.05, 0) is 65.2 Å². The zero-order valence-corrected chi connectivity index (χ0v) is 15.7. The lowest BCUT2D eigenvalue weighted by Crippen LogP contribution is -2.43. The molecule has 0 aliphatic heterocycles. The van der Waals surface area contributed by atoms with Crippen LogP contribution in [0.5, 0.6) is 0 Å². The van der Waals surface area contributed by atoms with Crippen molar-refractivity contribution in [2.24, 2.45) is 0 Å². The van der Waals surface area contributed by atoms with Gasteiger partial charge in [-0.2, -0.15) is 0 Å². The zero-order valence-electron chi connectivity index (χ0n) is 11.9. The van der Waals surface area contributed by atoms with E-state index < -0.39 is 21.3 Å². The maximum absolute atomic E-state index is 12.4. The largest absolute Gasteiger partial charge is 0.394 e. The number of carbonyl (C=O) groups is 1. The molecule has 2 aromatic rings. The fourth-order valence-corrected chi connectivity index (χ4v) is 2.70. The number of halogens is 4. The topological polar surface area (TPSA) is 72.2 Å². The number of hydrogen-bond donors (Lipinski definition) is 1. The first-order valence-electron chi connectivity index (χ1n) is 6.56. The number of benzene rings is 2. The molecular weight excluding hydrogens is 442 g/mol. The van der Waals surface area contributed by atoms with Crippen LogP contribution >= 0.6 is 50.7 Å². The van der Waals surface area contributed by atoms with Crippen molar-refractivity contribution in [3.05, 3.63) is 79.3 Å². The summed E-state index contributed by atoms with van der Waals surface area (Å²) in [6, 6.07) is 11.3. The third-order valence-corrected chi connectivity index (χ3v) is 4.67. The summed E-state index contributed by atoms with van der Waals surface area (Å²) < 4.78 is -1.65. The van der Waals surface area contributed by atoms with Crippen LogP contribution in [0.1, 0.15) is 22.0 Å². The second kappa shape index (κ2) is 7.70. The van der Waals surface area contributed by atoms with E-state index in [4.69, 9.17) is 34.8 Å². The maximum Gasteiger partial charge on any atom is 0.394 e. The molecular formula is C15H10BrCl3N2O3. The summed E-state index contributed by atoms with van der Waals surface area (Å²) in [4.78, 5) is 22.7. The molecule has 0 heterocycles. The monoisotopic (exact) mass is 450 g/mol. The molecule has 0 aliphatic rings. The Balaban J connectivity index is 2.35. The van der Waals surface area contributed by atoms with Gasteiger partial charge in [-0.25, -0.2) is 0 Å². The van der Waals surface area contributed by atoms with Crippen molar-refractivity contribution >= 4 is 56.6 Å². The van der Waals surface area contributed by atoms with Gasteiger partial charge >= 0.3 is 4.46 Å². The summed E-state index contributed by atoms with van der Waals surface area (Å²) in [6.45, 7) is 0. The third-order valence-electron chi connectivity index (χ3n) is 3.18. The van der Waals surface area contributed by atoms with Gasteiger partial charge in [0, 0.05) is 15.1 Å². The summed E-state index contributed by atoms with van der Waals surface area (Å²) in [7, 11) is 0. The lowest BCUT2D eigenvalue weighted by molar-refractivity contribution is -0.521. The van der Waals surface area contributed by atoms with Crippen molar-refractivity contribution < 1.29 is 9.72 Å². The molecule has 0 saturated heterocycles. The van der Waals surface area contributed by atoms with Gasteiger partial charge in [0.25, 0.3) is 5.91 Å². The molecule has 0 aromatic heterocycles. The number of nitrogens with one attached hydrogen (secondary N) is 1. The summed E-state index contributed by atoms with van der Waals surface area (Å²) in [5.74, 6) is -0.546. The summed E-state index contributed by atoms with van der Waals surface area (Å²) in [5.41, 5.74) is 0.663. The molecule has 9 heteroatoms. The van der Waals surface area contributed by atoms with Gasteiger partial charge in [-0.1, -0.05) is 39.7 Å². The van der Waals surface area contributed by atoms with Gasteiger partial charge in [0.15, 0.2) is 6.04 Å². The molecule has 0 saturated carbocycles. The number of carbonyl (C=O) groups excluding carboxylic acids is 1. The summed E-state index contributed by atoms with van der Waals surface area (Å²) >= 11 is 20.8. The highest BCUT2D eigenvalue weighted by Gasteiger charge is 2.49. The van der Waals surface area contributed by atoms with Gasteiger partial charge < -0.3 is 5.32 Å². The molecule has 0 spiro atoms. The zero-order chi connectivity index (χ0) is 17.9. The minimum Gasteiger partial charge on any atom is -0.336 e. The molecule has 1 unspecified atom stereocenters. The van der Waals surface area contributed by atoms with Crippen LogP contribution in [0.25, 0.3) is 0 Å². The lowest BCUT2D eigenvalue weighted by atomic mass is 10.1. The first-order chi connectivity index (χ1) is 11.2. The third kappa shape index (κ3) is 4.39. The smallest absolute Gasteiger partial charge is 0.336 e. The first-order valence-corrected chi connectivity index (χ1v) is 8.48. The Kier molecular flexibility index (Phi) is 6.09. The molecule has 1 amide bonds. The van der Waals surface area contributed by atoms with Crippen LogP contribution in [-0.2, 0) is 0 Å². The lowest BCUT2D eigenvalue weighted by Gasteiger charge is -2.24. The number of nitrogens with zero attached hydrogens (tertiary/aromatic N) is 1. The highest BCUT2D eigenvalue weighted by molar-refractivity contribution is 9.10. The van der Waals surface area contributed by atoms with E-state index in [9.17, 15) is 14.9 Å². The molecule has 0 fully saturated rings. The molecule has 24 heavy (non-hydrogen) atoms. The summed E-state index contributed by atoms with van der Waals surface area (Å²) in [5, 5.41) is 14.2. The number of nitro groups is 1. The van der Waals surface area contributed by atoms with Crippen LogP contribution in [0.3, 0.4) is 0 Å². The Morgan fingerprint density at radius 2 is 1.67 bits per heavy atom. The molecule has 2 aromatic carbocycles. The Bertz CT molecular complexity index is 752. The van der Waals surface area contributed by atoms with Crippen LogP contribution in [0, 0.1) is 10.1 Å². The van der Waals surface area contributed by atoms with E-state index in [0.29, 0.717) is 16.1 Å². The van der Waals surface area contributed by atoms with Crippen LogP contribution in [0.15, 0.2) is 53.0 Å². The quantitative estimate of drug-likeness (QED) is 0.301. The normalized spacial score (nSPS) is 12.5. The minimum atomic E-state index is -2.45. The number of hydrogen-bond acceptors (Lipinski definition) is 3. The Labute approximate surface area is 161 Å². The van der Waals surface area contributed by atoms with E-state index in [0.717, 1.165) is 4.47 Å². The average molecular weight is 453 g/mol. The predicted octanol–water partition coefficient (Wildman–Crippen LogP) is 4.98. The SMILES string of the molecule is O=C(NC(c1ccc(Cl)cc1)C(Cl)(Cl)[N+](=O)[O-])c1ccc(Br)cc1. The van der Waals surface area contributed by atoms with E-state index in [1.165, 1.54) is 24.3 Å². The molecule has 1 atom stereocenters. The van der Waals surface area contributed by atoms with E-state index in [1.807, 2.05) is 0 Å². The fourth-order valence-electron chi connectivity index (χ4n) is 1.95. The van der Waals surface area contributed by atoms with Crippen molar-refractivity contribution in [2.45, 2.75) is 10.5 Å². The molecule has 0 bridgehead atoms. The second-order valence-electron chi connectivity index (χ2n) is 4.81. The van der Waals surface area contributed by atoms with Crippen molar-refractivity contribution in [3.8, 4) is 0 Å². The summed E-state index contributed by atoms with van der Waals surface area (Å²) in [6.07, 6.45) is 0. The standard InChI is InChI=1S/C15H10BrCl3N2O3/c16-11-5-1-10(2-6-11)14(22)20-13(15(18,19)21(23)24)9-3-7-12(17)8-4-9/h1-8,13H,(H,20,22). The van der Waals surface area contributed by atoms with Gasteiger partial charge in [-0.15, -0.1) is 0 Å². The Morgan fingerprint density at radius 1 is 1.12 bits per heavy atom. The van der Waals surface area contributed by atoms with Crippen molar-refractivity contribution in [1.82, 2.24) is 5.32 Å². The van der Waals surface area contributed by atoms with Crippen molar-refractivity contribution in [3.63, 3.8) is 0 Å². The average Bonchev–Trinajstić information content (AvgIpc) is 2.53. The van der Waals surface area contributed by atoms with Crippen LogP contribution in [0.4, 0.5) is 0 Å². The van der Waals surface area contributed by atoms with E-state index in [1.54, 1.807) is 24.3 Å². The highest BCUT2D eigenvalue weighted by atomic mass is 79.9. The van der Waals surface area contributed by atoms with E-state index >= 15 is 0 Å². The molecule has 0 radical (unpaired) electrons. The molecule has 2 rings (SSSR count). The van der Waals surface area contributed by atoms with Gasteiger partial charge in [0.05, 0.1) is 4.92 Å². The van der Waals surface area contributed by atoms with Gasteiger partial charge in [0.2, 0.25) is 0 Å². The molecule has 1 N–H and O–H groups in total. The van der Waals surface area contributed by atoms with Crippen molar-refractivity contribution in [1.29, 1.82) is 0 Å². The first kappa shape index (κ1) is 19.0. The molecule has 126 valence electrons. The molecule has 5 nitrogen and oxygen atoms in total. The number of rotatable bonds is 5. The fraction of sp³-hybridized carbons (Fsp3) is 0.133. The molecule has 0 aliphatic carbocycles. The second-order valence-corrected chi connectivity index (χ2v) is 7.51. The Hall–Kier alpha value is -1.34. The Morgan fingerprint density at radius 3 is 2.17 bits per heavy atom. The van der Waals surface area contributed by atoms with Crippen molar-refractivity contribution in [2.75, 3.05) is 0 Å². The van der Waals surface area contributed by atoms with E-state index in [-0.39, 0.29) is 0 Å². The van der Waals surface area contributed by atoms with Gasteiger partial charge in [-0.3, -0.25) is 14.9 Å². The van der Waals surface area contributed by atoms with Crippen LogP contribution in [-0.4, -0.2) is 15.3 Å². The van der Waals surface area contributed by atoms with Crippen LogP contribution < -0.4 is 5.32 Å². The van der Waals surface area contributed by atoms with Crippen LogP contribution in [0.2, 0.25) is 5.02 Å². The van der Waals surface area contributed by atoms with Gasteiger partial charge in [0.1, 0.15) is 0 Å². The minimum absolute atomic E-state index is 0.310. The maximum atomic E-state index is 12.4.